The fourth-order valence-electron chi connectivity index (χ4n) is 1.07. The van der Waals surface area contributed by atoms with Crippen LogP contribution in [0.15, 0.2) is 24.3 Å². The Labute approximate surface area is 84.1 Å². The summed E-state index contributed by atoms with van der Waals surface area (Å²) >= 11 is 5.62. The summed E-state index contributed by atoms with van der Waals surface area (Å²) in [5.41, 5.74) is 0.103. The normalized spacial score (nSPS) is 14.1. The average molecular weight is 225 g/mol. The molecule has 0 amide bonds. The van der Waals surface area contributed by atoms with Crippen molar-refractivity contribution in [2.45, 2.75) is 18.7 Å². The number of hydrogen-bond acceptors (Lipinski definition) is 1. The van der Waals surface area contributed by atoms with E-state index in [9.17, 15) is 18.3 Å². The number of hydrogen-bond donors (Lipinski definition) is 1. The van der Waals surface area contributed by atoms with Gasteiger partial charge in [-0.15, -0.1) is 0 Å². The Kier molecular flexibility index (Phi) is 3.39. The molecule has 0 radical (unpaired) electrons. The van der Waals surface area contributed by atoms with Crippen molar-refractivity contribution in [3.63, 3.8) is 0 Å². The van der Waals surface area contributed by atoms with E-state index in [1.54, 1.807) is 6.07 Å². The average Bonchev–Trinajstić information content (AvgIpc) is 2.01. The van der Waals surface area contributed by atoms with Gasteiger partial charge in [0.05, 0.1) is 12.5 Å². The topological polar surface area (TPSA) is 20.2 Å². The zero-order valence-corrected chi connectivity index (χ0v) is 7.81. The summed E-state index contributed by atoms with van der Waals surface area (Å²) in [6, 6.07) is 5.93. The Hall–Kier alpha value is -0.740. The Morgan fingerprint density at radius 2 is 1.86 bits per heavy atom. The van der Waals surface area contributed by atoms with Crippen LogP contribution in [0.2, 0.25) is 5.02 Å². The largest absolute Gasteiger partial charge is 0.391 e. The van der Waals surface area contributed by atoms with E-state index in [4.69, 9.17) is 11.6 Å². The lowest BCUT2D eigenvalue weighted by Gasteiger charge is -2.14. The molecule has 14 heavy (non-hydrogen) atoms. The minimum Gasteiger partial charge on any atom is -0.388 e. The standard InChI is InChI=1S/C9H8ClF3O/c10-7-4-2-1-3-6(7)8(14)5-9(11,12)13/h1-4,8,14H,5H2. The molecule has 1 aromatic rings. The highest BCUT2D eigenvalue weighted by Gasteiger charge is 2.32. The molecule has 0 heterocycles. The lowest BCUT2D eigenvalue weighted by Crippen LogP contribution is -2.13. The SMILES string of the molecule is OC(CC(F)(F)F)c1ccccc1Cl. The Morgan fingerprint density at radius 1 is 1.29 bits per heavy atom. The van der Waals surface area contributed by atoms with Crippen molar-refractivity contribution < 1.29 is 18.3 Å². The van der Waals surface area contributed by atoms with Gasteiger partial charge in [-0.1, -0.05) is 29.8 Å². The van der Waals surface area contributed by atoms with Crippen LogP contribution in [0.5, 0.6) is 0 Å². The molecule has 78 valence electrons. The van der Waals surface area contributed by atoms with Crippen LogP contribution in [0, 0.1) is 0 Å². The molecule has 1 unspecified atom stereocenters. The second-order valence-corrected chi connectivity index (χ2v) is 3.26. The van der Waals surface area contributed by atoms with Crippen LogP contribution in [0.1, 0.15) is 18.1 Å². The highest BCUT2D eigenvalue weighted by Crippen LogP contribution is 2.32. The van der Waals surface area contributed by atoms with Crippen LogP contribution in [-0.2, 0) is 0 Å². The second-order valence-electron chi connectivity index (χ2n) is 2.86. The molecule has 1 atom stereocenters. The number of rotatable bonds is 2. The summed E-state index contributed by atoms with van der Waals surface area (Å²) in [5.74, 6) is 0. The third-order valence-corrected chi connectivity index (χ3v) is 2.03. The van der Waals surface area contributed by atoms with Crippen molar-refractivity contribution in [3.8, 4) is 0 Å². The molecule has 0 aliphatic carbocycles. The summed E-state index contributed by atoms with van der Waals surface area (Å²) < 4.78 is 35.8. The quantitative estimate of drug-likeness (QED) is 0.817. The van der Waals surface area contributed by atoms with Crippen molar-refractivity contribution in [3.05, 3.63) is 34.9 Å². The van der Waals surface area contributed by atoms with E-state index in [-0.39, 0.29) is 10.6 Å². The number of benzene rings is 1. The third kappa shape index (κ3) is 3.20. The predicted octanol–water partition coefficient (Wildman–Crippen LogP) is 3.33. The molecule has 0 aliphatic heterocycles. The number of aliphatic hydroxyl groups is 1. The van der Waals surface area contributed by atoms with Gasteiger partial charge in [0.15, 0.2) is 0 Å². The zero-order chi connectivity index (χ0) is 10.8. The van der Waals surface area contributed by atoms with Gasteiger partial charge in [-0.25, -0.2) is 0 Å². The number of alkyl halides is 3. The van der Waals surface area contributed by atoms with Crippen LogP contribution >= 0.6 is 11.6 Å². The molecule has 1 nitrogen and oxygen atoms in total. The number of halogens is 4. The van der Waals surface area contributed by atoms with E-state index >= 15 is 0 Å². The van der Waals surface area contributed by atoms with Crippen LogP contribution in [0.25, 0.3) is 0 Å². The van der Waals surface area contributed by atoms with Crippen LogP contribution < -0.4 is 0 Å². The van der Waals surface area contributed by atoms with Gasteiger partial charge in [0, 0.05) is 5.02 Å². The van der Waals surface area contributed by atoms with Crippen molar-refractivity contribution in [2.24, 2.45) is 0 Å². The maximum atomic E-state index is 11.9. The molecule has 1 N–H and O–H groups in total. The van der Waals surface area contributed by atoms with Gasteiger partial charge in [0.1, 0.15) is 0 Å². The summed E-state index contributed by atoms with van der Waals surface area (Å²) in [7, 11) is 0. The summed E-state index contributed by atoms with van der Waals surface area (Å²) in [4.78, 5) is 0. The first-order valence-corrected chi connectivity index (χ1v) is 4.27. The molecule has 0 aliphatic rings. The minimum atomic E-state index is -4.39. The molecule has 5 heteroatoms. The second kappa shape index (κ2) is 4.19. The predicted molar refractivity (Wildman–Crippen MR) is 47.1 cm³/mol. The molecule has 0 aromatic heterocycles. The van der Waals surface area contributed by atoms with Gasteiger partial charge < -0.3 is 5.11 Å². The van der Waals surface area contributed by atoms with Crippen molar-refractivity contribution in [1.82, 2.24) is 0 Å². The van der Waals surface area contributed by atoms with E-state index in [1.807, 2.05) is 0 Å². The summed E-state index contributed by atoms with van der Waals surface area (Å²) in [5, 5.41) is 9.38. The van der Waals surface area contributed by atoms with E-state index < -0.39 is 18.7 Å². The molecule has 1 aromatic carbocycles. The fourth-order valence-corrected chi connectivity index (χ4v) is 1.34. The van der Waals surface area contributed by atoms with Gasteiger partial charge in [0.25, 0.3) is 0 Å². The smallest absolute Gasteiger partial charge is 0.388 e. The Bertz CT molecular complexity index is 311. The summed E-state index contributed by atoms with van der Waals surface area (Å²) in [6.45, 7) is 0. The molecule has 0 fully saturated rings. The van der Waals surface area contributed by atoms with Gasteiger partial charge in [-0.3, -0.25) is 0 Å². The van der Waals surface area contributed by atoms with Gasteiger partial charge >= 0.3 is 6.18 Å². The first-order valence-electron chi connectivity index (χ1n) is 3.89. The number of aliphatic hydroxyl groups excluding tert-OH is 1. The Balaban J connectivity index is 2.80. The maximum Gasteiger partial charge on any atom is 0.391 e. The van der Waals surface area contributed by atoms with E-state index in [2.05, 4.69) is 0 Å². The van der Waals surface area contributed by atoms with Crippen LogP contribution in [0.3, 0.4) is 0 Å². The van der Waals surface area contributed by atoms with E-state index in [1.165, 1.54) is 18.2 Å². The first-order chi connectivity index (χ1) is 6.40. The van der Waals surface area contributed by atoms with Crippen molar-refractivity contribution in [1.29, 1.82) is 0 Å². The van der Waals surface area contributed by atoms with Gasteiger partial charge in [0.2, 0.25) is 0 Å². The van der Waals surface area contributed by atoms with E-state index in [0.29, 0.717) is 0 Å². The lowest BCUT2D eigenvalue weighted by atomic mass is 10.1. The molecular weight excluding hydrogens is 217 g/mol. The molecular formula is C9H8ClF3O. The highest BCUT2D eigenvalue weighted by atomic mass is 35.5. The van der Waals surface area contributed by atoms with Crippen molar-refractivity contribution >= 4 is 11.6 Å². The molecule has 0 bridgehead atoms. The summed E-state index contributed by atoms with van der Waals surface area (Å²) in [6.07, 6.45) is -7.27. The maximum absolute atomic E-state index is 11.9. The third-order valence-electron chi connectivity index (χ3n) is 1.69. The molecule has 1 rings (SSSR count). The van der Waals surface area contributed by atoms with Crippen LogP contribution in [0.4, 0.5) is 13.2 Å². The monoisotopic (exact) mass is 224 g/mol. The van der Waals surface area contributed by atoms with E-state index in [0.717, 1.165) is 0 Å². The molecule has 0 spiro atoms. The molecule has 0 saturated carbocycles. The van der Waals surface area contributed by atoms with Gasteiger partial charge in [-0.2, -0.15) is 13.2 Å². The minimum absolute atomic E-state index is 0.103. The Morgan fingerprint density at radius 3 is 2.36 bits per heavy atom. The van der Waals surface area contributed by atoms with Crippen LogP contribution in [-0.4, -0.2) is 11.3 Å². The first kappa shape index (κ1) is 11.3. The fraction of sp³-hybridized carbons (Fsp3) is 0.333. The highest BCUT2D eigenvalue weighted by molar-refractivity contribution is 6.31. The molecule has 0 saturated heterocycles. The van der Waals surface area contributed by atoms with Crippen molar-refractivity contribution in [2.75, 3.05) is 0 Å². The zero-order valence-electron chi connectivity index (χ0n) is 7.05. The van der Waals surface area contributed by atoms with Gasteiger partial charge in [-0.05, 0) is 11.6 Å². The lowest BCUT2D eigenvalue weighted by molar-refractivity contribution is -0.154.